The largest absolute Gasteiger partial charge is 0.444 e. The fourth-order valence-electron chi connectivity index (χ4n) is 3.14. The van der Waals surface area contributed by atoms with Gasteiger partial charge in [-0.2, -0.15) is 13.2 Å². The smallest absolute Gasteiger partial charge is 0.433 e. The quantitative estimate of drug-likeness (QED) is 0.724. The number of nitrogens with zero attached hydrogens (tertiary/aromatic N) is 2. The van der Waals surface area contributed by atoms with Gasteiger partial charge < -0.3 is 9.64 Å². The lowest BCUT2D eigenvalue weighted by Crippen LogP contribution is -2.39. The van der Waals surface area contributed by atoms with Gasteiger partial charge in [0.1, 0.15) is 11.3 Å². The summed E-state index contributed by atoms with van der Waals surface area (Å²) in [6.07, 6.45) is -2.29. The minimum Gasteiger partial charge on any atom is -0.444 e. The van der Waals surface area contributed by atoms with Gasteiger partial charge in [0.25, 0.3) is 0 Å². The molecule has 0 saturated carbocycles. The zero-order chi connectivity index (χ0) is 20.5. The first-order chi connectivity index (χ1) is 13.0. The van der Waals surface area contributed by atoms with Crippen molar-refractivity contribution in [3.05, 3.63) is 64.5 Å². The van der Waals surface area contributed by atoms with Gasteiger partial charge in [-0.25, -0.2) is 4.79 Å². The van der Waals surface area contributed by atoms with E-state index in [1.54, 1.807) is 4.90 Å². The Labute approximate surface area is 162 Å². The summed E-state index contributed by atoms with van der Waals surface area (Å²) in [7, 11) is 0. The predicted molar refractivity (Wildman–Crippen MR) is 98.8 cm³/mol. The Morgan fingerprint density at radius 3 is 2.43 bits per heavy atom. The minimum atomic E-state index is -4.44. The van der Waals surface area contributed by atoms with Crippen LogP contribution in [0.4, 0.5) is 18.0 Å². The number of rotatable bonds is 2. The van der Waals surface area contributed by atoms with Crippen molar-refractivity contribution in [2.24, 2.45) is 0 Å². The third-order valence-electron chi connectivity index (χ3n) is 4.46. The second-order valence-electron chi connectivity index (χ2n) is 7.98. The number of pyridine rings is 1. The number of ether oxygens (including phenoxy) is 1. The number of aromatic nitrogens is 1. The molecule has 2 heterocycles. The number of halogens is 3. The molecule has 1 aromatic carbocycles. The van der Waals surface area contributed by atoms with Crippen LogP contribution in [0.2, 0.25) is 0 Å². The predicted octanol–water partition coefficient (Wildman–Crippen LogP) is 4.98. The molecule has 2 aromatic rings. The van der Waals surface area contributed by atoms with Crippen LogP contribution in [0.15, 0.2) is 36.5 Å². The molecule has 7 heteroatoms. The topological polar surface area (TPSA) is 42.4 Å². The van der Waals surface area contributed by atoms with Crippen LogP contribution in [-0.2, 0) is 30.3 Å². The van der Waals surface area contributed by atoms with Gasteiger partial charge in [-0.1, -0.05) is 24.3 Å². The molecule has 0 spiro atoms. The molecule has 3 rings (SSSR count). The molecule has 150 valence electrons. The van der Waals surface area contributed by atoms with Crippen LogP contribution in [0.5, 0.6) is 0 Å². The van der Waals surface area contributed by atoms with Gasteiger partial charge in [0.05, 0.1) is 0 Å². The Morgan fingerprint density at radius 2 is 1.82 bits per heavy atom. The second kappa shape index (κ2) is 7.45. The number of benzene rings is 1. The number of carbonyl (C=O) groups is 1. The number of fused-ring (bicyclic) bond motifs is 1. The number of hydrogen-bond acceptors (Lipinski definition) is 3. The van der Waals surface area contributed by atoms with Crippen molar-refractivity contribution in [2.45, 2.75) is 51.9 Å². The Bertz CT molecular complexity index is 855. The van der Waals surface area contributed by atoms with Gasteiger partial charge in [-0.3, -0.25) is 4.98 Å². The van der Waals surface area contributed by atoms with E-state index in [1.807, 2.05) is 39.0 Å². The third kappa shape index (κ3) is 5.03. The van der Waals surface area contributed by atoms with E-state index >= 15 is 0 Å². The van der Waals surface area contributed by atoms with Crippen molar-refractivity contribution in [1.29, 1.82) is 0 Å². The number of carbonyl (C=O) groups excluding carboxylic acids is 1. The van der Waals surface area contributed by atoms with Crippen LogP contribution in [0.3, 0.4) is 0 Å². The molecule has 0 radical (unpaired) electrons. The highest BCUT2D eigenvalue weighted by Crippen LogP contribution is 2.28. The number of hydrogen-bond donors (Lipinski definition) is 0. The summed E-state index contributed by atoms with van der Waals surface area (Å²) in [6, 6.07) is 8.44. The molecule has 0 fully saturated rings. The van der Waals surface area contributed by atoms with Gasteiger partial charge >= 0.3 is 12.3 Å². The van der Waals surface area contributed by atoms with E-state index in [2.05, 4.69) is 4.98 Å². The van der Waals surface area contributed by atoms with Gasteiger partial charge in [0, 0.05) is 19.3 Å². The first-order valence-corrected chi connectivity index (χ1v) is 9.12. The number of amides is 1. The Hall–Kier alpha value is -2.57. The molecule has 28 heavy (non-hydrogen) atoms. The maximum Gasteiger partial charge on any atom is 0.433 e. The van der Waals surface area contributed by atoms with Crippen LogP contribution >= 0.6 is 0 Å². The van der Waals surface area contributed by atoms with Gasteiger partial charge in [0.2, 0.25) is 0 Å². The molecule has 0 atom stereocenters. The average molecular weight is 392 g/mol. The molecule has 4 nitrogen and oxygen atoms in total. The molecule has 1 aliphatic rings. The van der Waals surface area contributed by atoms with E-state index in [1.165, 1.54) is 17.8 Å². The summed E-state index contributed by atoms with van der Waals surface area (Å²) in [5.41, 5.74) is 2.44. The zero-order valence-electron chi connectivity index (χ0n) is 16.1. The van der Waals surface area contributed by atoms with Crippen molar-refractivity contribution in [2.75, 3.05) is 6.54 Å². The molecule has 0 N–H and O–H groups in total. The zero-order valence-corrected chi connectivity index (χ0v) is 16.1. The van der Waals surface area contributed by atoms with Crippen LogP contribution in [0.25, 0.3) is 0 Å². The lowest BCUT2D eigenvalue weighted by atomic mass is 9.95. The molecule has 1 aromatic heterocycles. The van der Waals surface area contributed by atoms with Gasteiger partial charge in [-0.05, 0) is 61.9 Å². The summed E-state index contributed by atoms with van der Waals surface area (Å²) in [5, 5.41) is 0. The molecule has 0 aliphatic carbocycles. The highest BCUT2D eigenvalue weighted by Gasteiger charge is 2.32. The highest BCUT2D eigenvalue weighted by atomic mass is 19.4. The van der Waals surface area contributed by atoms with E-state index in [4.69, 9.17) is 4.74 Å². The second-order valence-corrected chi connectivity index (χ2v) is 7.98. The number of alkyl halides is 3. The van der Waals surface area contributed by atoms with Crippen molar-refractivity contribution in [1.82, 2.24) is 9.88 Å². The third-order valence-corrected chi connectivity index (χ3v) is 4.46. The van der Waals surface area contributed by atoms with Crippen LogP contribution in [0, 0.1) is 0 Å². The van der Waals surface area contributed by atoms with Crippen molar-refractivity contribution < 1.29 is 22.7 Å². The minimum absolute atomic E-state index is 0.338. The maximum absolute atomic E-state index is 12.6. The summed E-state index contributed by atoms with van der Waals surface area (Å²) >= 11 is 0. The van der Waals surface area contributed by atoms with Crippen molar-refractivity contribution in [3.63, 3.8) is 0 Å². The molecule has 1 amide bonds. The summed E-state index contributed by atoms with van der Waals surface area (Å²) < 4.78 is 43.3. The van der Waals surface area contributed by atoms with Crippen LogP contribution < -0.4 is 0 Å². The van der Waals surface area contributed by atoms with Gasteiger partial charge in [-0.15, -0.1) is 0 Å². The lowest BCUT2D eigenvalue weighted by molar-refractivity contribution is -0.141. The highest BCUT2D eigenvalue weighted by molar-refractivity contribution is 5.68. The molecule has 0 saturated heterocycles. The van der Waals surface area contributed by atoms with E-state index in [9.17, 15) is 18.0 Å². The maximum atomic E-state index is 12.6. The van der Waals surface area contributed by atoms with Crippen molar-refractivity contribution in [3.8, 4) is 0 Å². The Kier molecular flexibility index (Phi) is 5.37. The molecule has 0 unspecified atom stereocenters. The normalized spacial score (nSPS) is 14.6. The molecule has 0 bridgehead atoms. The first-order valence-electron chi connectivity index (χ1n) is 9.12. The molecular weight excluding hydrogens is 369 g/mol. The Balaban J connectivity index is 1.71. The standard InChI is InChI=1S/C21H23F3N2O2/c1-20(2,3)28-19(27)26-9-8-16-6-4-14(11-17(16)13-26)10-15-5-7-18(25-12-15)21(22,23)24/h4-7,11-12H,8-10,13H2,1-3H3. The van der Waals surface area contributed by atoms with E-state index in [0.29, 0.717) is 25.1 Å². The van der Waals surface area contributed by atoms with Gasteiger partial charge in [0.15, 0.2) is 0 Å². The van der Waals surface area contributed by atoms with Crippen molar-refractivity contribution >= 4 is 6.09 Å². The molecule has 1 aliphatic heterocycles. The van der Waals surface area contributed by atoms with Crippen LogP contribution in [-0.4, -0.2) is 28.1 Å². The summed E-state index contributed by atoms with van der Waals surface area (Å²) in [5.74, 6) is 0. The van der Waals surface area contributed by atoms with E-state index in [-0.39, 0.29) is 6.09 Å². The fourth-order valence-corrected chi connectivity index (χ4v) is 3.14. The summed E-state index contributed by atoms with van der Waals surface area (Å²) in [6.45, 7) is 6.56. The average Bonchev–Trinajstić information content (AvgIpc) is 2.59. The lowest BCUT2D eigenvalue weighted by Gasteiger charge is -2.31. The summed E-state index contributed by atoms with van der Waals surface area (Å²) in [4.78, 5) is 17.5. The molecular formula is C21H23F3N2O2. The van der Waals surface area contributed by atoms with E-state index < -0.39 is 17.5 Å². The fraction of sp³-hybridized carbons (Fsp3) is 0.429. The SMILES string of the molecule is CC(C)(C)OC(=O)N1CCc2ccc(Cc3ccc(C(F)(F)F)nc3)cc2C1. The first kappa shape index (κ1) is 20.2. The monoisotopic (exact) mass is 392 g/mol. The Morgan fingerprint density at radius 1 is 1.11 bits per heavy atom. The van der Waals surface area contributed by atoms with Crippen LogP contribution in [0.1, 0.15) is 48.7 Å². The van der Waals surface area contributed by atoms with E-state index in [0.717, 1.165) is 23.6 Å².